The molecule has 0 radical (unpaired) electrons. The van der Waals surface area contributed by atoms with Gasteiger partial charge in [0, 0.05) is 37.7 Å². The van der Waals surface area contributed by atoms with Gasteiger partial charge in [-0.2, -0.15) is 5.10 Å². The van der Waals surface area contributed by atoms with Gasteiger partial charge in [0.1, 0.15) is 5.75 Å². The lowest BCUT2D eigenvalue weighted by Crippen LogP contribution is -2.41. The first-order chi connectivity index (χ1) is 11.2. The molecule has 0 atom stereocenters. The van der Waals surface area contributed by atoms with Crippen LogP contribution in [-0.2, 0) is 6.54 Å². The van der Waals surface area contributed by atoms with Crippen molar-refractivity contribution in [2.45, 2.75) is 19.4 Å². The Hall–Kier alpha value is -2.50. The summed E-state index contributed by atoms with van der Waals surface area (Å²) in [7, 11) is 1.63. The van der Waals surface area contributed by atoms with Crippen LogP contribution in [0.4, 0.5) is 10.5 Å². The highest BCUT2D eigenvalue weighted by Gasteiger charge is 2.23. The number of hydrogen-bond acceptors (Lipinski definition) is 3. The highest BCUT2D eigenvalue weighted by molar-refractivity contribution is 5.89. The zero-order chi connectivity index (χ0) is 16.1. The Kier molecular flexibility index (Phi) is 4.80. The van der Waals surface area contributed by atoms with E-state index in [1.54, 1.807) is 13.3 Å². The summed E-state index contributed by atoms with van der Waals surface area (Å²) in [5.74, 6) is 1.36. The van der Waals surface area contributed by atoms with Gasteiger partial charge in [0.25, 0.3) is 0 Å². The molecule has 6 nitrogen and oxygen atoms in total. The Balaban J connectivity index is 1.47. The van der Waals surface area contributed by atoms with Gasteiger partial charge in [-0.15, -0.1) is 0 Å². The van der Waals surface area contributed by atoms with Crippen LogP contribution in [0, 0.1) is 5.92 Å². The molecular formula is C17H22N4O2. The molecule has 0 aliphatic carbocycles. The lowest BCUT2D eigenvalue weighted by atomic mass is 9.97. The van der Waals surface area contributed by atoms with E-state index in [0.717, 1.165) is 43.9 Å². The zero-order valence-electron chi connectivity index (χ0n) is 13.3. The highest BCUT2D eigenvalue weighted by Crippen LogP contribution is 2.20. The number of carbonyl (C=O) groups is 1. The summed E-state index contributed by atoms with van der Waals surface area (Å²) in [5.41, 5.74) is 0.787. The third kappa shape index (κ3) is 4.03. The second-order valence-corrected chi connectivity index (χ2v) is 5.82. The zero-order valence-corrected chi connectivity index (χ0v) is 13.3. The first-order valence-corrected chi connectivity index (χ1v) is 7.92. The maximum atomic E-state index is 12.3. The van der Waals surface area contributed by atoms with Crippen molar-refractivity contribution in [3.63, 3.8) is 0 Å². The van der Waals surface area contributed by atoms with Gasteiger partial charge in [0.05, 0.1) is 7.11 Å². The number of anilines is 1. The number of ether oxygens (including phenoxy) is 1. The number of aromatic nitrogens is 2. The molecule has 1 aliphatic rings. The molecule has 0 spiro atoms. The van der Waals surface area contributed by atoms with Crippen LogP contribution < -0.4 is 10.1 Å². The number of benzene rings is 1. The fourth-order valence-electron chi connectivity index (χ4n) is 2.87. The Morgan fingerprint density at radius 1 is 1.30 bits per heavy atom. The van der Waals surface area contributed by atoms with E-state index in [9.17, 15) is 4.79 Å². The van der Waals surface area contributed by atoms with Gasteiger partial charge >= 0.3 is 6.03 Å². The average molecular weight is 314 g/mol. The standard InChI is InChI=1S/C17H22N4O2/c1-23-16-5-3-15(4-6-16)19-17(22)20-11-7-14(8-12-20)13-21-10-2-9-18-21/h2-6,9-10,14H,7-8,11-13H2,1H3,(H,19,22). The Morgan fingerprint density at radius 2 is 2.04 bits per heavy atom. The van der Waals surface area contributed by atoms with Gasteiger partial charge in [-0.05, 0) is 49.1 Å². The van der Waals surface area contributed by atoms with Crippen LogP contribution in [0.1, 0.15) is 12.8 Å². The molecule has 1 aromatic carbocycles. The van der Waals surface area contributed by atoms with Crippen LogP contribution in [0.2, 0.25) is 0 Å². The minimum Gasteiger partial charge on any atom is -0.497 e. The number of nitrogens with one attached hydrogen (secondary N) is 1. The number of nitrogens with zero attached hydrogens (tertiary/aromatic N) is 3. The van der Waals surface area contributed by atoms with Crippen LogP contribution in [0.3, 0.4) is 0 Å². The highest BCUT2D eigenvalue weighted by atomic mass is 16.5. The molecule has 2 heterocycles. The van der Waals surface area contributed by atoms with Crippen molar-refractivity contribution in [2.24, 2.45) is 5.92 Å². The molecule has 0 saturated carbocycles. The molecular weight excluding hydrogens is 292 g/mol. The molecule has 1 saturated heterocycles. The van der Waals surface area contributed by atoms with Crippen molar-refractivity contribution < 1.29 is 9.53 Å². The summed E-state index contributed by atoms with van der Waals surface area (Å²) in [6.45, 7) is 2.50. The number of piperidine rings is 1. The largest absolute Gasteiger partial charge is 0.497 e. The summed E-state index contributed by atoms with van der Waals surface area (Å²) in [5, 5.41) is 7.19. The average Bonchev–Trinajstić information content (AvgIpc) is 3.09. The molecule has 23 heavy (non-hydrogen) atoms. The normalized spacial score (nSPS) is 15.4. The van der Waals surface area contributed by atoms with Crippen LogP contribution in [0.25, 0.3) is 0 Å². The van der Waals surface area contributed by atoms with Crippen molar-refractivity contribution in [1.29, 1.82) is 0 Å². The number of carbonyl (C=O) groups excluding carboxylic acids is 1. The summed E-state index contributed by atoms with van der Waals surface area (Å²) in [6, 6.07) is 9.28. The third-order valence-corrected chi connectivity index (χ3v) is 4.25. The SMILES string of the molecule is COc1ccc(NC(=O)N2CCC(Cn3cccn3)CC2)cc1. The minimum atomic E-state index is -0.0345. The quantitative estimate of drug-likeness (QED) is 0.944. The lowest BCUT2D eigenvalue weighted by molar-refractivity contribution is 0.175. The molecule has 1 aromatic heterocycles. The molecule has 122 valence electrons. The predicted molar refractivity (Wildman–Crippen MR) is 88.5 cm³/mol. The Labute approximate surface area is 136 Å². The molecule has 2 amide bonds. The van der Waals surface area contributed by atoms with Crippen molar-refractivity contribution in [1.82, 2.24) is 14.7 Å². The molecule has 0 bridgehead atoms. The summed E-state index contributed by atoms with van der Waals surface area (Å²) in [6.07, 6.45) is 5.81. The molecule has 3 rings (SSSR count). The molecule has 0 unspecified atom stereocenters. The summed E-state index contributed by atoms with van der Waals surface area (Å²) in [4.78, 5) is 14.2. The first-order valence-electron chi connectivity index (χ1n) is 7.92. The Bertz CT molecular complexity index is 617. The number of likely N-dealkylation sites (tertiary alicyclic amines) is 1. The van der Waals surface area contributed by atoms with E-state index < -0.39 is 0 Å². The van der Waals surface area contributed by atoms with Gasteiger partial charge in [-0.1, -0.05) is 0 Å². The van der Waals surface area contributed by atoms with E-state index >= 15 is 0 Å². The van der Waals surface area contributed by atoms with Crippen LogP contribution >= 0.6 is 0 Å². The van der Waals surface area contributed by atoms with Crippen molar-refractivity contribution in [3.8, 4) is 5.75 Å². The summed E-state index contributed by atoms with van der Waals surface area (Å²) < 4.78 is 7.09. The number of rotatable bonds is 4. The topological polar surface area (TPSA) is 59.4 Å². The van der Waals surface area contributed by atoms with Crippen molar-refractivity contribution in [2.75, 3.05) is 25.5 Å². The van der Waals surface area contributed by atoms with E-state index in [0.29, 0.717) is 5.92 Å². The molecule has 2 aromatic rings. The Morgan fingerprint density at radius 3 is 2.65 bits per heavy atom. The molecule has 1 fully saturated rings. The van der Waals surface area contributed by atoms with Crippen molar-refractivity contribution in [3.05, 3.63) is 42.7 Å². The maximum Gasteiger partial charge on any atom is 0.321 e. The predicted octanol–water partition coefficient (Wildman–Crippen LogP) is 2.84. The fraction of sp³-hybridized carbons (Fsp3) is 0.412. The van der Waals surface area contributed by atoms with E-state index in [-0.39, 0.29) is 6.03 Å². The number of methoxy groups -OCH3 is 1. The number of urea groups is 1. The molecule has 1 aliphatic heterocycles. The molecule has 6 heteroatoms. The number of hydrogen-bond donors (Lipinski definition) is 1. The van der Waals surface area contributed by atoms with Crippen LogP contribution in [0.15, 0.2) is 42.7 Å². The van der Waals surface area contributed by atoms with E-state index in [1.165, 1.54) is 0 Å². The van der Waals surface area contributed by atoms with Gasteiger partial charge < -0.3 is 15.0 Å². The van der Waals surface area contributed by atoms with Crippen molar-refractivity contribution >= 4 is 11.7 Å². The van der Waals surface area contributed by atoms with E-state index in [1.807, 2.05) is 46.1 Å². The van der Waals surface area contributed by atoms with E-state index in [2.05, 4.69) is 10.4 Å². The smallest absolute Gasteiger partial charge is 0.321 e. The van der Waals surface area contributed by atoms with Gasteiger partial charge in [-0.3, -0.25) is 4.68 Å². The second-order valence-electron chi connectivity index (χ2n) is 5.82. The summed E-state index contributed by atoms with van der Waals surface area (Å²) >= 11 is 0. The van der Waals surface area contributed by atoms with Crippen LogP contribution in [0.5, 0.6) is 5.75 Å². The minimum absolute atomic E-state index is 0.0345. The maximum absolute atomic E-state index is 12.3. The molecule has 1 N–H and O–H groups in total. The van der Waals surface area contributed by atoms with Gasteiger partial charge in [0.2, 0.25) is 0 Å². The van der Waals surface area contributed by atoms with E-state index in [4.69, 9.17) is 4.74 Å². The number of amides is 2. The second kappa shape index (κ2) is 7.17. The fourth-order valence-corrected chi connectivity index (χ4v) is 2.87. The monoisotopic (exact) mass is 314 g/mol. The first kappa shape index (κ1) is 15.4. The van der Waals surface area contributed by atoms with Crippen LogP contribution in [-0.4, -0.2) is 40.9 Å². The third-order valence-electron chi connectivity index (χ3n) is 4.25. The van der Waals surface area contributed by atoms with Gasteiger partial charge in [-0.25, -0.2) is 4.79 Å². The lowest BCUT2D eigenvalue weighted by Gasteiger charge is -2.32. The van der Waals surface area contributed by atoms with Gasteiger partial charge in [0.15, 0.2) is 0 Å².